The maximum absolute atomic E-state index is 12.6. The third-order valence-corrected chi connectivity index (χ3v) is 14.1. The van der Waals surface area contributed by atoms with Gasteiger partial charge in [-0.25, -0.2) is 28.8 Å². The molecule has 0 amide bonds. The summed E-state index contributed by atoms with van der Waals surface area (Å²) in [6, 6.07) is 25.9. The number of hydrogen-bond acceptors (Lipinski definition) is 18. The molecule has 0 N–H and O–H groups in total. The Hall–Kier alpha value is -8.28. The van der Waals surface area contributed by atoms with Crippen molar-refractivity contribution >= 4 is 47.8 Å². The van der Waals surface area contributed by atoms with E-state index in [4.69, 9.17) is 47.4 Å². The first kappa shape index (κ1) is 78.0. The highest BCUT2D eigenvalue weighted by molar-refractivity contribution is 5.93. The maximum Gasteiger partial charge on any atom is 0.343 e. The van der Waals surface area contributed by atoms with Crippen LogP contribution < -0.4 is 18.9 Å². The third-order valence-electron chi connectivity index (χ3n) is 14.1. The van der Waals surface area contributed by atoms with Gasteiger partial charge in [0.15, 0.2) is 0 Å². The van der Waals surface area contributed by atoms with Crippen LogP contribution in [0.25, 0.3) is 0 Å². The molecule has 0 saturated heterocycles. The van der Waals surface area contributed by atoms with Crippen molar-refractivity contribution in [1.29, 1.82) is 0 Å². The molecule has 0 aliphatic heterocycles. The second-order valence-electron chi connectivity index (χ2n) is 22.4. The summed E-state index contributed by atoms with van der Waals surface area (Å²) in [5, 5.41) is 0. The Morgan fingerprint density at radius 2 is 0.533 bits per heavy atom. The van der Waals surface area contributed by atoms with Crippen molar-refractivity contribution in [1.82, 2.24) is 0 Å². The van der Waals surface area contributed by atoms with Gasteiger partial charge in [-0.05, 0) is 226 Å². The topological polar surface area (TPSA) is 229 Å². The Labute approximate surface area is 545 Å². The summed E-state index contributed by atoms with van der Waals surface area (Å²) in [6.07, 6.45) is 23.2. The molecule has 18 nitrogen and oxygen atoms in total. The molecule has 4 rings (SSSR count). The summed E-state index contributed by atoms with van der Waals surface area (Å²) < 4.78 is 53.7. The van der Waals surface area contributed by atoms with Gasteiger partial charge in [-0.3, -0.25) is 9.59 Å². The number of rotatable bonds is 48. The van der Waals surface area contributed by atoms with Crippen LogP contribution in [-0.2, 0) is 47.6 Å². The van der Waals surface area contributed by atoms with E-state index in [1.165, 1.54) is 19.3 Å². The monoisotopic (exact) mass is 1280 g/mol. The van der Waals surface area contributed by atoms with Crippen molar-refractivity contribution in [3.63, 3.8) is 0 Å². The lowest BCUT2D eigenvalue weighted by molar-refractivity contribution is -0.144. The maximum atomic E-state index is 12.6. The van der Waals surface area contributed by atoms with Crippen molar-refractivity contribution in [2.75, 3.05) is 52.9 Å². The molecule has 0 atom stereocenters. The molecule has 0 radical (unpaired) electrons. The summed E-state index contributed by atoms with van der Waals surface area (Å²) in [7, 11) is 0. The average molecular weight is 1280 g/mol. The van der Waals surface area contributed by atoms with Gasteiger partial charge in [-0.15, -0.1) is 0 Å². The number of carbonyl (C=O) groups excluding carboxylic acids is 8. The van der Waals surface area contributed by atoms with Crippen molar-refractivity contribution in [3.05, 3.63) is 144 Å². The predicted octanol–water partition coefficient (Wildman–Crippen LogP) is 16.4. The minimum Gasteiger partial charge on any atom is -0.494 e. The summed E-state index contributed by atoms with van der Waals surface area (Å²) in [5.74, 6) is -0.915. The van der Waals surface area contributed by atoms with E-state index in [9.17, 15) is 38.4 Å². The molecule has 0 aliphatic carbocycles. The highest BCUT2D eigenvalue weighted by Gasteiger charge is 2.15. The van der Waals surface area contributed by atoms with Crippen LogP contribution in [0.5, 0.6) is 23.0 Å². The van der Waals surface area contributed by atoms with Crippen LogP contribution >= 0.6 is 0 Å². The van der Waals surface area contributed by atoms with Crippen LogP contribution in [0.15, 0.2) is 121 Å². The molecule has 18 heteroatoms. The molecule has 0 bridgehead atoms. The number of ether oxygens (including phenoxy) is 10. The van der Waals surface area contributed by atoms with Crippen molar-refractivity contribution in [3.8, 4) is 23.0 Å². The molecule has 0 spiro atoms. The largest absolute Gasteiger partial charge is 0.494 e. The molecule has 0 saturated carbocycles. The van der Waals surface area contributed by atoms with Crippen molar-refractivity contribution in [2.24, 2.45) is 0 Å². The molecule has 4 aromatic rings. The third kappa shape index (κ3) is 37.1. The van der Waals surface area contributed by atoms with Gasteiger partial charge >= 0.3 is 47.8 Å². The van der Waals surface area contributed by atoms with E-state index in [-0.39, 0.29) is 23.9 Å². The van der Waals surface area contributed by atoms with E-state index in [1.54, 1.807) is 111 Å². The highest BCUT2D eigenvalue weighted by atomic mass is 16.6. The van der Waals surface area contributed by atoms with Crippen LogP contribution in [0, 0.1) is 0 Å². The van der Waals surface area contributed by atoms with Crippen molar-refractivity contribution < 1.29 is 85.7 Å². The van der Waals surface area contributed by atoms with Gasteiger partial charge in [0, 0.05) is 24.0 Å². The van der Waals surface area contributed by atoms with E-state index in [1.807, 2.05) is 0 Å². The second kappa shape index (κ2) is 49.4. The number of esters is 8. The first-order chi connectivity index (χ1) is 44.6. The van der Waals surface area contributed by atoms with Gasteiger partial charge in [-0.1, -0.05) is 65.5 Å². The van der Waals surface area contributed by atoms with E-state index in [0.29, 0.717) is 122 Å². The summed E-state index contributed by atoms with van der Waals surface area (Å²) in [6.45, 7) is 18.0. The Morgan fingerprint density at radius 3 is 0.859 bits per heavy atom. The van der Waals surface area contributed by atoms with Crippen LogP contribution in [0.2, 0.25) is 0 Å². The van der Waals surface area contributed by atoms with Crippen LogP contribution in [0.4, 0.5) is 0 Å². The van der Waals surface area contributed by atoms with E-state index in [0.717, 1.165) is 135 Å². The summed E-state index contributed by atoms with van der Waals surface area (Å²) >= 11 is 0. The summed E-state index contributed by atoms with van der Waals surface area (Å²) in [5.41, 5.74) is 2.31. The van der Waals surface area contributed by atoms with Gasteiger partial charge < -0.3 is 47.4 Å². The fourth-order valence-electron chi connectivity index (χ4n) is 8.62. The van der Waals surface area contributed by atoms with Gasteiger partial charge in [0.25, 0.3) is 0 Å². The van der Waals surface area contributed by atoms with Gasteiger partial charge in [0.1, 0.15) is 23.0 Å². The zero-order valence-corrected chi connectivity index (χ0v) is 55.0. The molecule has 92 heavy (non-hydrogen) atoms. The van der Waals surface area contributed by atoms with Crippen LogP contribution in [0.1, 0.15) is 236 Å². The Balaban J connectivity index is 0.000000481. The standard InChI is InChI=1S/C38H52O9.C36H48O9/c1-4-5-6-7-12-17-35(39)44-27-14-9-11-16-29-46-37(41)31-20-24-34(25-21-31)47-38(42)32-18-22-33(23-19-32)43-26-13-8-10-15-28-45-36(40)30(2)3;1-4-5-10-15-33(37)42-25-12-7-9-14-27-44-35(39)29-18-22-32(23-19-29)45-36(40)30-16-20-31(21-17-30)41-24-11-6-8-13-26-43-34(38)28(2)3/h18-25H,2,4-17,26-29H2,1,3H3;16-23H,2,4-15,24-27H2,1,3H3. The van der Waals surface area contributed by atoms with Crippen molar-refractivity contribution in [2.45, 2.75) is 195 Å². The van der Waals surface area contributed by atoms with E-state index >= 15 is 0 Å². The minimum atomic E-state index is -0.518. The highest BCUT2D eigenvalue weighted by Crippen LogP contribution is 2.21. The minimum absolute atomic E-state index is 0.117. The summed E-state index contributed by atoms with van der Waals surface area (Å²) in [4.78, 5) is 95.8. The van der Waals surface area contributed by atoms with Gasteiger partial charge in [-0.2, -0.15) is 0 Å². The molecule has 0 heterocycles. The first-order valence-electron chi connectivity index (χ1n) is 33.0. The zero-order valence-electron chi connectivity index (χ0n) is 55.0. The Bertz CT molecular complexity index is 2790. The molecule has 504 valence electrons. The molecule has 0 fully saturated rings. The molecule has 4 aromatic carbocycles. The lowest BCUT2D eigenvalue weighted by atomic mass is 10.1. The Kier molecular flexibility index (Phi) is 41.9. The Morgan fingerprint density at radius 1 is 0.283 bits per heavy atom. The number of benzene rings is 4. The number of unbranched alkanes of at least 4 members (excludes halogenated alkanes) is 18. The number of hydrogen-bond donors (Lipinski definition) is 0. The average Bonchev–Trinajstić information content (AvgIpc) is 1.32. The second-order valence-corrected chi connectivity index (χ2v) is 22.4. The fraction of sp³-hybridized carbons (Fsp3) is 0.514. The quantitative estimate of drug-likeness (QED) is 0.0132. The molecular weight excluding hydrogens is 1180 g/mol. The molecular formula is C74H100O18. The van der Waals surface area contributed by atoms with E-state index < -0.39 is 23.9 Å². The molecule has 0 aliphatic rings. The van der Waals surface area contributed by atoms with Gasteiger partial charge in [0.2, 0.25) is 0 Å². The molecule has 0 unspecified atom stereocenters. The first-order valence-corrected chi connectivity index (χ1v) is 33.0. The lowest BCUT2D eigenvalue weighted by Crippen LogP contribution is -2.09. The lowest BCUT2D eigenvalue weighted by Gasteiger charge is -2.09. The SMILES string of the molecule is C=C(C)C(=O)OCCCCCCOc1ccc(C(=O)Oc2ccc(C(=O)OCCCCCCOC(=O)CCCCC)cc2)cc1.C=C(C)C(=O)OCCCCCCOc1ccc(C(=O)Oc2ccc(C(=O)OCCCCCCOC(=O)CCCCCCC)cc2)cc1. The zero-order chi connectivity index (χ0) is 66.8. The smallest absolute Gasteiger partial charge is 0.343 e. The number of carbonyl (C=O) groups is 8. The van der Waals surface area contributed by atoms with Gasteiger partial charge in [0.05, 0.1) is 75.1 Å². The predicted molar refractivity (Wildman–Crippen MR) is 352 cm³/mol. The fourth-order valence-corrected chi connectivity index (χ4v) is 8.62. The molecule has 0 aromatic heterocycles. The van der Waals surface area contributed by atoms with E-state index in [2.05, 4.69) is 27.0 Å². The van der Waals surface area contributed by atoms with Crippen LogP contribution in [0.3, 0.4) is 0 Å². The normalized spacial score (nSPS) is 10.6. The van der Waals surface area contributed by atoms with Crippen LogP contribution in [-0.4, -0.2) is 101 Å².